The molecule has 0 amide bonds. The molecule has 0 saturated heterocycles. The summed E-state index contributed by atoms with van der Waals surface area (Å²) in [6.07, 6.45) is 21.0. The minimum absolute atomic E-state index is 1.10. The Balaban J connectivity index is 2.31. The van der Waals surface area contributed by atoms with Gasteiger partial charge in [-0.2, -0.15) is 0 Å². The number of hydrogen-bond donors (Lipinski definition) is 0. The Labute approximate surface area is 75.7 Å². The lowest BCUT2D eigenvalue weighted by atomic mass is 10.1. The van der Waals surface area contributed by atoms with Gasteiger partial charge in [-0.1, -0.05) is 36.5 Å². The minimum Gasteiger partial charge on any atom is -0.0882 e. The average Bonchev–Trinajstić information content (AvgIpc) is 2.05. The molecular weight excluding hydrogens is 144 g/mol. The lowest BCUT2D eigenvalue weighted by molar-refractivity contribution is 0.760. The highest BCUT2D eigenvalue weighted by atomic mass is 13.9. The standard InChI is InChI=1S/C12H18/c1-2-4-6-8-10-12-11-9-7-5-3-1/h1-2,5-8H,3-4,9-12H2/b2-1+,7-5-,8-6+. The van der Waals surface area contributed by atoms with Gasteiger partial charge in [0.25, 0.3) is 0 Å². The van der Waals surface area contributed by atoms with Gasteiger partial charge in [-0.3, -0.25) is 0 Å². The fourth-order valence-electron chi connectivity index (χ4n) is 1.30. The number of hydrogen-bond acceptors (Lipinski definition) is 0. The Bertz CT molecular complexity index is 152. The number of allylic oxidation sites excluding steroid dienone is 6. The van der Waals surface area contributed by atoms with Crippen molar-refractivity contribution in [2.24, 2.45) is 0 Å². The molecular formula is C12H18. The summed E-state index contributed by atoms with van der Waals surface area (Å²) in [4.78, 5) is 0. The molecule has 12 heavy (non-hydrogen) atoms. The highest BCUT2D eigenvalue weighted by Gasteiger charge is 1.84. The summed E-state index contributed by atoms with van der Waals surface area (Å²) >= 11 is 0. The van der Waals surface area contributed by atoms with Crippen molar-refractivity contribution in [2.75, 3.05) is 0 Å². The van der Waals surface area contributed by atoms with Gasteiger partial charge < -0.3 is 0 Å². The first-order valence-corrected chi connectivity index (χ1v) is 4.95. The second kappa shape index (κ2) is 6.90. The van der Waals surface area contributed by atoms with Gasteiger partial charge in [-0.05, 0) is 38.5 Å². The summed E-state index contributed by atoms with van der Waals surface area (Å²) in [5.41, 5.74) is 0. The van der Waals surface area contributed by atoms with Crippen molar-refractivity contribution < 1.29 is 0 Å². The highest BCUT2D eigenvalue weighted by Crippen LogP contribution is 2.04. The van der Waals surface area contributed by atoms with Gasteiger partial charge >= 0.3 is 0 Å². The average molecular weight is 162 g/mol. The predicted octanol–water partition coefficient (Wildman–Crippen LogP) is 4.01. The molecule has 0 heterocycles. The van der Waals surface area contributed by atoms with E-state index in [1.807, 2.05) is 0 Å². The Hall–Kier alpha value is -0.780. The van der Waals surface area contributed by atoms with Crippen LogP contribution in [0.4, 0.5) is 0 Å². The third kappa shape index (κ3) is 4.95. The van der Waals surface area contributed by atoms with E-state index >= 15 is 0 Å². The van der Waals surface area contributed by atoms with Crippen LogP contribution < -0.4 is 0 Å². The molecule has 0 radical (unpaired) electrons. The van der Waals surface area contributed by atoms with Gasteiger partial charge in [-0.15, -0.1) is 0 Å². The summed E-state index contributed by atoms with van der Waals surface area (Å²) < 4.78 is 0. The molecule has 0 aliphatic heterocycles. The van der Waals surface area contributed by atoms with Crippen molar-refractivity contribution in [1.29, 1.82) is 0 Å². The van der Waals surface area contributed by atoms with Crippen molar-refractivity contribution in [3.05, 3.63) is 36.5 Å². The molecule has 0 aromatic rings. The first-order chi connectivity index (χ1) is 6.00. The maximum Gasteiger partial charge on any atom is -0.0169 e. The molecule has 1 aliphatic rings. The van der Waals surface area contributed by atoms with Gasteiger partial charge in [0.15, 0.2) is 0 Å². The molecule has 1 aliphatic carbocycles. The lowest BCUT2D eigenvalue weighted by Gasteiger charge is -1.94. The smallest absolute Gasteiger partial charge is 0.0169 e. The highest BCUT2D eigenvalue weighted by molar-refractivity contribution is 4.97. The molecule has 0 aromatic heterocycles. The van der Waals surface area contributed by atoms with E-state index in [-0.39, 0.29) is 0 Å². The van der Waals surface area contributed by atoms with E-state index in [1.165, 1.54) is 25.7 Å². The van der Waals surface area contributed by atoms with Crippen LogP contribution in [-0.2, 0) is 0 Å². The first-order valence-electron chi connectivity index (χ1n) is 4.95. The molecule has 0 aromatic carbocycles. The Morgan fingerprint density at radius 2 is 0.917 bits per heavy atom. The molecule has 66 valence electrons. The van der Waals surface area contributed by atoms with Crippen LogP contribution in [0, 0.1) is 0 Å². The largest absolute Gasteiger partial charge is 0.0882 e. The third-order valence-corrected chi connectivity index (χ3v) is 2.04. The molecule has 1 rings (SSSR count). The summed E-state index contributed by atoms with van der Waals surface area (Å²) in [7, 11) is 0. The molecule has 0 saturated carbocycles. The monoisotopic (exact) mass is 162 g/mol. The van der Waals surface area contributed by atoms with E-state index in [1.54, 1.807) is 0 Å². The molecule has 0 N–H and O–H groups in total. The molecule has 0 bridgehead atoms. The van der Waals surface area contributed by atoms with Gasteiger partial charge in [-0.25, -0.2) is 0 Å². The second-order valence-corrected chi connectivity index (χ2v) is 3.17. The lowest BCUT2D eigenvalue weighted by Crippen LogP contribution is -1.73. The van der Waals surface area contributed by atoms with Gasteiger partial charge in [0.2, 0.25) is 0 Å². The summed E-state index contributed by atoms with van der Waals surface area (Å²) in [6, 6.07) is 0. The molecule has 0 atom stereocenters. The van der Waals surface area contributed by atoms with Crippen LogP contribution in [0.5, 0.6) is 0 Å². The van der Waals surface area contributed by atoms with E-state index in [0.29, 0.717) is 0 Å². The maximum atomic E-state index is 2.30. The summed E-state index contributed by atoms with van der Waals surface area (Å²) in [5.74, 6) is 0. The number of rotatable bonds is 0. The van der Waals surface area contributed by atoms with E-state index in [9.17, 15) is 0 Å². The van der Waals surface area contributed by atoms with Crippen LogP contribution in [0.15, 0.2) is 36.5 Å². The van der Waals surface area contributed by atoms with Gasteiger partial charge in [0, 0.05) is 0 Å². The van der Waals surface area contributed by atoms with Crippen molar-refractivity contribution in [1.82, 2.24) is 0 Å². The van der Waals surface area contributed by atoms with Gasteiger partial charge in [0.05, 0.1) is 0 Å². The van der Waals surface area contributed by atoms with Crippen molar-refractivity contribution in [2.45, 2.75) is 38.5 Å². The third-order valence-electron chi connectivity index (χ3n) is 2.04. The second-order valence-electron chi connectivity index (χ2n) is 3.17. The zero-order valence-corrected chi connectivity index (χ0v) is 7.71. The van der Waals surface area contributed by atoms with Crippen LogP contribution in [-0.4, -0.2) is 0 Å². The van der Waals surface area contributed by atoms with Crippen LogP contribution in [0.3, 0.4) is 0 Å². The molecule has 0 heteroatoms. The van der Waals surface area contributed by atoms with E-state index in [4.69, 9.17) is 0 Å². The predicted molar refractivity (Wildman–Crippen MR) is 55.1 cm³/mol. The minimum atomic E-state index is 1.10. The van der Waals surface area contributed by atoms with E-state index in [2.05, 4.69) is 36.5 Å². The quantitative estimate of drug-likeness (QED) is 0.472. The van der Waals surface area contributed by atoms with Crippen LogP contribution >= 0.6 is 0 Å². The van der Waals surface area contributed by atoms with Crippen molar-refractivity contribution in [3.63, 3.8) is 0 Å². The SMILES string of the molecule is C1=C\CCCC/C=C/C/C=C/C/1. The van der Waals surface area contributed by atoms with Crippen LogP contribution in [0.2, 0.25) is 0 Å². The van der Waals surface area contributed by atoms with E-state index < -0.39 is 0 Å². The Morgan fingerprint density at radius 1 is 0.500 bits per heavy atom. The summed E-state index contributed by atoms with van der Waals surface area (Å²) in [5, 5.41) is 0. The fourth-order valence-corrected chi connectivity index (χ4v) is 1.30. The van der Waals surface area contributed by atoms with Crippen LogP contribution in [0.1, 0.15) is 38.5 Å². The molecule has 0 nitrogen and oxygen atoms in total. The normalized spacial score (nSPS) is 28.0. The maximum absolute atomic E-state index is 2.30. The van der Waals surface area contributed by atoms with Crippen molar-refractivity contribution >= 4 is 0 Å². The van der Waals surface area contributed by atoms with Crippen molar-refractivity contribution in [3.8, 4) is 0 Å². The Morgan fingerprint density at radius 3 is 1.42 bits per heavy atom. The molecule has 0 unspecified atom stereocenters. The van der Waals surface area contributed by atoms with E-state index in [0.717, 1.165) is 12.8 Å². The Kier molecular flexibility index (Phi) is 5.35. The summed E-state index contributed by atoms with van der Waals surface area (Å²) in [6.45, 7) is 0. The topological polar surface area (TPSA) is 0 Å². The zero-order valence-electron chi connectivity index (χ0n) is 7.71. The first kappa shape index (κ1) is 9.31. The van der Waals surface area contributed by atoms with Crippen LogP contribution in [0.25, 0.3) is 0 Å². The van der Waals surface area contributed by atoms with Gasteiger partial charge in [0.1, 0.15) is 0 Å². The fraction of sp³-hybridized carbons (Fsp3) is 0.500. The zero-order chi connectivity index (χ0) is 8.49. The molecule has 0 spiro atoms. The molecule has 0 fully saturated rings.